The van der Waals surface area contributed by atoms with Crippen molar-refractivity contribution in [3.63, 3.8) is 0 Å². The van der Waals surface area contributed by atoms with Gasteiger partial charge in [0.1, 0.15) is 0 Å². The minimum atomic E-state index is -0.939. The molecule has 0 radical (unpaired) electrons. The van der Waals surface area contributed by atoms with Gasteiger partial charge in [0.2, 0.25) is 0 Å². The number of carbonyl (C=O) groups excluding carboxylic acids is 2. The second-order valence-electron chi connectivity index (χ2n) is 4.64. The Labute approximate surface area is 117 Å². The summed E-state index contributed by atoms with van der Waals surface area (Å²) in [6, 6.07) is 3.81. The van der Waals surface area contributed by atoms with E-state index in [4.69, 9.17) is 9.47 Å². The number of hydrogen-bond acceptors (Lipinski definition) is 5. The molecule has 5 heteroatoms. The summed E-state index contributed by atoms with van der Waals surface area (Å²) in [6.45, 7) is 7.65. The van der Waals surface area contributed by atoms with E-state index in [1.807, 2.05) is 31.4 Å². The Morgan fingerprint density at radius 3 is 2.11 bits per heavy atom. The maximum Gasteiger partial charge on any atom is 0.321 e. The first-order valence-corrected chi connectivity index (χ1v) is 7.20. The number of thiophene rings is 1. The van der Waals surface area contributed by atoms with Gasteiger partial charge in [0.05, 0.1) is 13.2 Å². The number of carbonyl (C=O) groups is 2. The smallest absolute Gasteiger partial charge is 0.321 e. The van der Waals surface area contributed by atoms with Crippen molar-refractivity contribution in [1.29, 1.82) is 0 Å². The Balaban J connectivity index is 3.08. The average Bonchev–Trinajstić information content (AvgIpc) is 2.83. The molecule has 0 aliphatic heterocycles. The zero-order valence-electron chi connectivity index (χ0n) is 11.8. The van der Waals surface area contributed by atoms with Crippen LogP contribution in [0.1, 0.15) is 32.6 Å². The van der Waals surface area contributed by atoms with E-state index in [-0.39, 0.29) is 13.2 Å². The highest BCUT2D eigenvalue weighted by molar-refractivity contribution is 7.10. The fraction of sp³-hybridized carbons (Fsp3) is 0.571. The molecule has 1 aromatic rings. The largest absolute Gasteiger partial charge is 0.465 e. The third kappa shape index (κ3) is 3.56. The zero-order valence-corrected chi connectivity index (χ0v) is 12.6. The summed E-state index contributed by atoms with van der Waals surface area (Å²) >= 11 is 1.51. The molecule has 0 aliphatic carbocycles. The maximum absolute atomic E-state index is 12.1. The van der Waals surface area contributed by atoms with E-state index in [0.29, 0.717) is 0 Å². The predicted octanol–water partition coefficient (Wildman–Crippen LogP) is 2.77. The van der Waals surface area contributed by atoms with Crippen LogP contribution < -0.4 is 0 Å². The number of esters is 2. The summed E-state index contributed by atoms with van der Waals surface area (Å²) in [5, 5.41) is 1.92. The zero-order chi connectivity index (χ0) is 14.5. The molecule has 0 unspecified atom stereocenters. The quantitative estimate of drug-likeness (QED) is 0.595. The third-order valence-corrected chi connectivity index (χ3v) is 4.13. The van der Waals surface area contributed by atoms with Crippen LogP contribution in [0.4, 0.5) is 0 Å². The molecule has 0 atom stereocenters. The molecule has 0 aromatic carbocycles. The SMILES string of the molecule is CCOC(=O)C(C(=O)OCC)C(C)(C)c1cccs1. The summed E-state index contributed by atoms with van der Waals surface area (Å²) in [5.74, 6) is -2.00. The number of ether oxygens (including phenoxy) is 2. The van der Waals surface area contributed by atoms with Gasteiger partial charge >= 0.3 is 11.9 Å². The average molecular weight is 284 g/mol. The Hall–Kier alpha value is -1.36. The van der Waals surface area contributed by atoms with Crippen molar-refractivity contribution in [1.82, 2.24) is 0 Å². The fourth-order valence-corrected chi connectivity index (χ4v) is 2.81. The summed E-state index contributed by atoms with van der Waals surface area (Å²) in [5.41, 5.74) is -0.646. The molecule has 0 N–H and O–H groups in total. The summed E-state index contributed by atoms with van der Waals surface area (Å²) in [4.78, 5) is 25.1. The molecule has 1 aromatic heterocycles. The van der Waals surface area contributed by atoms with Crippen LogP contribution in [-0.2, 0) is 24.5 Å². The summed E-state index contributed by atoms with van der Waals surface area (Å²) < 4.78 is 10.0. The molecule has 106 valence electrons. The van der Waals surface area contributed by atoms with Crippen LogP contribution in [-0.4, -0.2) is 25.2 Å². The van der Waals surface area contributed by atoms with Crippen molar-refractivity contribution in [3.8, 4) is 0 Å². The Morgan fingerprint density at radius 2 is 1.74 bits per heavy atom. The van der Waals surface area contributed by atoms with E-state index in [1.165, 1.54) is 11.3 Å². The van der Waals surface area contributed by atoms with E-state index in [1.54, 1.807) is 13.8 Å². The minimum Gasteiger partial charge on any atom is -0.465 e. The normalized spacial score (nSPS) is 11.4. The van der Waals surface area contributed by atoms with Crippen molar-refractivity contribution >= 4 is 23.3 Å². The molecule has 0 saturated heterocycles. The lowest BCUT2D eigenvalue weighted by molar-refractivity contribution is -0.164. The Kier molecular flexibility index (Phi) is 5.54. The van der Waals surface area contributed by atoms with Gasteiger partial charge in [0.15, 0.2) is 5.92 Å². The van der Waals surface area contributed by atoms with Gasteiger partial charge in [-0.2, -0.15) is 0 Å². The van der Waals surface area contributed by atoms with E-state index in [2.05, 4.69) is 0 Å². The van der Waals surface area contributed by atoms with E-state index < -0.39 is 23.3 Å². The minimum absolute atomic E-state index is 0.245. The molecule has 0 spiro atoms. The van der Waals surface area contributed by atoms with Gasteiger partial charge < -0.3 is 9.47 Å². The van der Waals surface area contributed by atoms with Crippen LogP contribution in [0, 0.1) is 5.92 Å². The lowest BCUT2D eigenvalue weighted by Gasteiger charge is -2.30. The van der Waals surface area contributed by atoms with Crippen molar-refractivity contribution < 1.29 is 19.1 Å². The molecule has 1 rings (SSSR count). The topological polar surface area (TPSA) is 52.6 Å². The van der Waals surface area contributed by atoms with Crippen molar-refractivity contribution in [2.24, 2.45) is 5.92 Å². The summed E-state index contributed by atoms with van der Waals surface area (Å²) in [7, 11) is 0. The molecule has 0 aliphatic rings. The molecule has 0 amide bonds. The second kappa shape index (κ2) is 6.70. The van der Waals surface area contributed by atoms with Crippen LogP contribution in [0.5, 0.6) is 0 Å². The van der Waals surface area contributed by atoms with Crippen LogP contribution in [0.25, 0.3) is 0 Å². The van der Waals surface area contributed by atoms with Gasteiger partial charge in [-0.25, -0.2) is 0 Å². The fourth-order valence-electron chi connectivity index (χ4n) is 1.92. The van der Waals surface area contributed by atoms with Crippen molar-refractivity contribution in [3.05, 3.63) is 22.4 Å². The third-order valence-electron chi connectivity index (χ3n) is 2.92. The molecule has 1 heterocycles. The first-order valence-electron chi connectivity index (χ1n) is 6.32. The van der Waals surface area contributed by atoms with Gasteiger partial charge in [0, 0.05) is 10.3 Å². The molecular weight excluding hydrogens is 264 g/mol. The molecule has 0 bridgehead atoms. The molecule has 0 saturated carbocycles. The monoisotopic (exact) mass is 284 g/mol. The van der Waals surface area contributed by atoms with E-state index >= 15 is 0 Å². The number of rotatable bonds is 6. The van der Waals surface area contributed by atoms with Gasteiger partial charge in [-0.1, -0.05) is 19.9 Å². The van der Waals surface area contributed by atoms with Gasteiger partial charge in [-0.15, -0.1) is 11.3 Å². The van der Waals surface area contributed by atoms with Crippen LogP contribution in [0.2, 0.25) is 0 Å². The first-order chi connectivity index (χ1) is 8.95. The summed E-state index contributed by atoms with van der Waals surface area (Å²) in [6.07, 6.45) is 0. The first kappa shape index (κ1) is 15.7. The molecular formula is C14H20O4S. The molecule has 4 nitrogen and oxygen atoms in total. The molecule has 0 fully saturated rings. The second-order valence-corrected chi connectivity index (χ2v) is 5.58. The van der Waals surface area contributed by atoms with Crippen molar-refractivity contribution in [2.45, 2.75) is 33.1 Å². The van der Waals surface area contributed by atoms with Crippen LogP contribution in [0.3, 0.4) is 0 Å². The highest BCUT2D eigenvalue weighted by atomic mass is 32.1. The molecule has 19 heavy (non-hydrogen) atoms. The van der Waals surface area contributed by atoms with Crippen LogP contribution in [0.15, 0.2) is 17.5 Å². The standard InChI is InChI=1S/C14H20O4S/c1-5-17-12(15)11(13(16)18-6-2)14(3,4)10-8-7-9-19-10/h7-9,11H,5-6H2,1-4H3. The Bertz CT molecular complexity index is 405. The van der Waals surface area contributed by atoms with Gasteiger partial charge in [-0.3, -0.25) is 9.59 Å². The maximum atomic E-state index is 12.1. The predicted molar refractivity (Wildman–Crippen MR) is 74.1 cm³/mol. The highest BCUT2D eigenvalue weighted by Crippen LogP contribution is 2.36. The lowest BCUT2D eigenvalue weighted by Crippen LogP contribution is -2.42. The van der Waals surface area contributed by atoms with Crippen LogP contribution >= 0.6 is 11.3 Å². The van der Waals surface area contributed by atoms with Gasteiger partial charge in [-0.05, 0) is 25.3 Å². The van der Waals surface area contributed by atoms with E-state index in [9.17, 15) is 9.59 Å². The lowest BCUT2D eigenvalue weighted by atomic mass is 9.77. The van der Waals surface area contributed by atoms with Crippen molar-refractivity contribution in [2.75, 3.05) is 13.2 Å². The Morgan fingerprint density at radius 1 is 1.21 bits per heavy atom. The van der Waals surface area contributed by atoms with Gasteiger partial charge in [0.25, 0.3) is 0 Å². The van der Waals surface area contributed by atoms with E-state index in [0.717, 1.165) is 4.88 Å². The number of hydrogen-bond donors (Lipinski definition) is 0. The highest BCUT2D eigenvalue weighted by Gasteiger charge is 2.44.